The first kappa shape index (κ1) is 15.1. The summed E-state index contributed by atoms with van der Waals surface area (Å²) in [7, 11) is 0. The maximum Gasteiger partial charge on any atom is 0.225 e. The van der Waals surface area contributed by atoms with Crippen LogP contribution in [0.2, 0.25) is 0 Å². The number of hydrogen-bond acceptors (Lipinski definition) is 3. The molecule has 0 aromatic rings. The smallest absolute Gasteiger partial charge is 0.225 e. The Labute approximate surface area is 121 Å². The minimum absolute atomic E-state index is 0.0197. The fourth-order valence-electron chi connectivity index (χ4n) is 3.46. The van der Waals surface area contributed by atoms with Gasteiger partial charge < -0.3 is 15.8 Å². The lowest BCUT2D eigenvalue weighted by Crippen LogP contribution is -2.46. The van der Waals surface area contributed by atoms with E-state index in [0.717, 1.165) is 32.2 Å². The zero-order valence-electron chi connectivity index (χ0n) is 12.3. The van der Waals surface area contributed by atoms with Crippen LogP contribution in [0.15, 0.2) is 5.16 Å². The predicted octanol–water partition coefficient (Wildman–Crippen LogP) is 2.33. The van der Waals surface area contributed by atoms with Crippen molar-refractivity contribution >= 4 is 11.7 Å². The molecule has 5 heteroatoms. The van der Waals surface area contributed by atoms with E-state index in [2.05, 4.69) is 5.16 Å². The number of nitrogens with two attached hydrogens (primary N) is 1. The Hall–Kier alpha value is -1.26. The summed E-state index contributed by atoms with van der Waals surface area (Å²) in [4.78, 5) is 14.6. The van der Waals surface area contributed by atoms with Gasteiger partial charge in [0.25, 0.3) is 0 Å². The van der Waals surface area contributed by atoms with Crippen molar-refractivity contribution < 1.29 is 10.0 Å². The molecule has 2 aliphatic rings. The quantitative estimate of drug-likeness (QED) is 0.353. The van der Waals surface area contributed by atoms with E-state index >= 15 is 0 Å². The third-order valence-electron chi connectivity index (χ3n) is 4.72. The van der Waals surface area contributed by atoms with Gasteiger partial charge in [0.15, 0.2) is 0 Å². The molecule has 0 spiro atoms. The molecule has 0 radical (unpaired) electrons. The molecule has 5 nitrogen and oxygen atoms in total. The Balaban J connectivity index is 1.93. The molecule has 114 valence electrons. The van der Waals surface area contributed by atoms with E-state index in [0.29, 0.717) is 12.5 Å². The van der Waals surface area contributed by atoms with Crippen molar-refractivity contribution in [2.45, 2.75) is 57.8 Å². The van der Waals surface area contributed by atoms with Gasteiger partial charge in [-0.05, 0) is 25.7 Å². The molecule has 1 unspecified atom stereocenters. The number of nitrogens with zero attached hydrogens (tertiary/aromatic N) is 2. The van der Waals surface area contributed by atoms with E-state index in [1.807, 2.05) is 4.90 Å². The molecule has 1 saturated heterocycles. The van der Waals surface area contributed by atoms with Gasteiger partial charge in [-0.3, -0.25) is 4.79 Å². The Morgan fingerprint density at radius 3 is 2.25 bits per heavy atom. The second-order valence-electron chi connectivity index (χ2n) is 6.19. The Morgan fingerprint density at radius 1 is 1.00 bits per heavy atom. The van der Waals surface area contributed by atoms with E-state index in [4.69, 9.17) is 10.9 Å². The van der Waals surface area contributed by atoms with Crippen molar-refractivity contribution in [1.29, 1.82) is 0 Å². The second-order valence-corrected chi connectivity index (χ2v) is 6.19. The van der Waals surface area contributed by atoms with Crippen molar-refractivity contribution in [3.8, 4) is 0 Å². The zero-order chi connectivity index (χ0) is 14.4. The van der Waals surface area contributed by atoms with E-state index in [1.54, 1.807) is 0 Å². The summed E-state index contributed by atoms with van der Waals surface area (Å²) in [5, 5.41) is 11.9. The third kappa shape index (κ3) is 3.87. The summed E-state index contributed by atoms with van der Waals surface area (Å²) in [5.41, 5.74) is 5.70. The van der Waals surface area contributed by atoms with Crippen molar-refractivity contribution in [2.24, 2.45) is 22.7 Å². The van der Waals surface area contributed by atoms with Crippen molar-refractivity contribution in [2.75, 3.05) is 13.1 Å². The normalized spacial score (nSPS) is 26.9. The first-order valence-corrected chi connectivity index (χ1v) is 7.98. The highest BCUT2D eigenvalue weighted by molar-refractivity contribution is 5.84. The summed E-state index contributed by atoms with van der Waals surface area (Å²) in [5.74, 6) is 0.773. The van der Waals surface area contributed by atoms with Crippen molar-refractivity contribution in [3.63, 3.8) is 0 Å². The van der Waals surface area contributed by atoms with Crippen LogP contribution in [0.1, 0.15) is 57.8 Å². The van der Waals surface area contributed by atoms with Crippen LogP contribution in [0.25, 0.3) is 0 Å². The lowest BCUT2D eigenvalue weighted by atomic mass is 9.88. The monoisotopic (exact) mass is 281 g/mol. The number of carbonyl (C=O) groups is 1. The molecule has 0 aromatic heterocycles. The first-order valence-electron chi connectivity index (χ1n) is 7.98. The molecule has 1 atom stereocenters. The summed E-state index contributed by atoms with van der Waals surface area (Å²) >= 11 is 0. The molecular formula is C15H27N3O2. The van der Waals surface area contributed by atoms with Crippen molar-refractivity contribution in [3.05, 3.63) is 0 Å². The number of carbonyl (C=O) groups excluding carboxylic acids is 1. The van der Waals surface area contributed by atoms with Gasteiger partial charge in [0.1, 0.15) is 5.84 Å². The molecule has 0 bridgehead atoms. The number of amides is 1. The molecule has 1 amide bonds. The Bertz CT molecular complexity index is 349. The molecule has 2 fully saturated rings. The number of hydrogen-bond donors (Lipinski definition) is 2. The Kier molecular flexibility index (Phi) is 5.68. The van der Waals surface area contributed by atoms with Gasteiger partial charge in [-0.2, -0.15) is 0 Å². The number of amidine groups is 1. The van der Waals surface area contributed by atoms with Crippen LogP contribution in [0.4, 0.5) is 0 Å². The molecule has 1 aliphatic carbocycles. The summed E-state index contributed by atoms with van der Waals surface area (Å²) in [6.45, 7) is 1.44. The number of rotatable bonds is 2. The maximum atomic E-state index is 12.7. The van der Waals surface area contributed by atoms with E-state index < -0.39 is 0 Å². The van der Waals surface area contributed by atoms with Gasteiger partial charge in [-0.25, -0.2) is 0 Å². The SMILES string of the molecule is NC(=NO)C1CCCN(C(=O)C2CCCCCCC2)C1. The minimum atomic E-state index is 0.0197. The Morgan fingerprint density at radius 2 is 1.60 bits per heavy atom. The van der Waals surface area contributed by atoms with Gasteiger partial charge in [0.05, 0.1) is 0 Å². The third-order valence-corrected chi connectivity index (χ3v) is 4.72. The van der Waals surface area contributed by atoms with Gasteiger partial charge >= 0.3 is 0 Å². The molecule has 0 aromatic carbocycles. The van der Waals surface area contributed by atoms with Crippen LogP contribution in [0.3, 0.4) is 0 Å². The molecule has 20 heavy (non-hydrogen) atoms. The average molecular weight is 281 g/mol. The largest absolute Gasteiger partial charge is 0.409 e. The molecule has 1 heterocycles. The van der Waals surface area contributed by atoms with Gasteiger partial charge in [-0.15, -0.1) is 0 Å². The molecule has 1 saturated carbocycles. The second kappa shape index (κ2) is 7.50. The average Bonchev–Trinajstić information content (AvgIpc) is 2.45. The highest BCUT2D eigenvalue weighted by Gasteiger charge is 2.30. The molecular weight excluding hydrogens is 254 g/mol. The standard InChI is InChI=1S/C15H27N3O2/c16-14(17-20)13-9-6-10-18(11-13)15(19)12-7-4-2-1-3-5-8-12/h12-13,20H,1-11H2,(H2,16,17). The first-order chi connectivity index (χ1) is 9.72. The van der Waals surface area contributed by atoms with Crippen LogP contribution in [-0.4, -0.2) is 34.9 Å². The fourth-order valence-corrected chi connectivity index (χ4v) is 3.46. The zero-order valence-corrected chi connectivity index (χ0v) is 12.3. The highest BCUT2D eigenvalue weighted by Crippen LogP contribution is 2.26. The van der Waals surface area contributed by atoms with Gasteiger partial charge in [0.2, 0.25) is 5.91 Å². The number of likely N-dealkylation sites (tertiary alicyclic amines) is 1. The highest BCUT2D eigenvalue weighted by atomic mass is 16.4. The molecule has 1 aliphatic heterocycles. The van der Waals surface area contributed by atoms with Crippen LogP contribution < -0.4 is 5.73 Å². The van der Waals surface area contributed by atoms with Crippen LogP contribution in [0, 0.1) is 11.8 Å². The maximum absolute atomic E-state index is 12.7. The van der Waals surface area contributed by atoms with Crippen LogP contribution in [0.5, 0.6) is 0 Å². The van der Waals surface area contributed by atoms with Crippen LogP contribution in [-0.2, 0) is 4.79 Å². The van der Waals surface area contributed by atoms with Crippen LogP contribution >= 0.6 is 0 Å². The lowest BCUT2D eigenvalue weighted by molar-refractivity contribution is -0.137. The van der Waals surface area contributed by atoms with Gasteiger partial charge in [-0.1, -0.05) is 37.3 Å². The number of oxime groups is 1. The van der Waals surface area contributed by atoms with Crippen molar-refractivity contribution in [1.82, 2.24) is 4.90 Å². The summed E-state index contributed by atoms with van der Waals surface area (Å²) in [6.07, 6.45) is 10.1. The molecule has 2 rings (SSSR count). The van der Waals surface area contributed by atoms with E-state index in [-0.39, 0.29) is 17.7 Å². The molecule has 3 N–H and O–H groups in total. The predicted molar refractivity (Wildman–Crippen MR) is 78.5 cm³/mol. The fraction of sp³-hybridized carbons (Fsp3) is 0.867. The van der Waals surface area contributed by atoms with Gasteiger partial charge in [0, 0.05) is 24.9 Å². The minimum Gasteiger partial charge on any atom is -0.409 e. The number of piperidine rings is 1. The summed E-state index contributed by atoms with van der Waals surface area (Å²) in [6, 6.07) is 0. The van der Waals surface area contributed by atoms with E-state index in [9.17, 15) is 4.79 Å². The topological polar surface area (TPSA) is 78.9 Å². The van der Waals surface area contributed by atoms with E-state index in [1.165, 1.54) is 32.1 Å². The lowest BCUT2D eigenvalue weighted by Gasteiger charge is -2.35. The summed E-state index contributed by atoms with van der Waals surface area (Å²) < 4.78 is 0.